The minimum absolute atomic E-state index is 0.126. The molecule has 4 heteroatoms. The zero-order valence-corrected chi connectivity index (χ0v) is 14.7. The van der Waals surface area contributed by atoms with Gasteiger partial charge in [-0.1, -0.05) is 12.1 Å². The van der Waals surface area contributed by atoms with Crippen LogP contribution in [0.25, 0.3) is 0 Å². The third kappa shape index (κ3) is 4.08. The van der Waals surface area contributed by atoms with Crippen molar-refractivity contribution in [3.8, 4) is 11.8 Å². The van der Waals surface area contributed by atoms with Gasteiger partial charge in [0.2, 0.25) is 0 Å². The summed E-state index contributed by atoms with van der Waals surface area (Å²) in [5, 5.41) is 9.23. The number of carbonyl (C=O) groups is 1. The lowest BCUT2D eigenvalue weighted by Crippen LogP contribution is -2.26. The zero-order chi connectivity index (χ0) is 17.4. The van der Waals surface area contributed by atoms with Gasteiger partial charge in [0.15, 0.2) is 0 Å². The molecule has 1 aromatic carbocycles. The molecule has 3 rings (SSSR count). The number of rotatable bonds is 4. The summed E-state index contributed by atoms with van der Waals surface area (Å²) in [6, 6.07) is 8.37. The van der Waals surface area contributed by atoms with Gasteiger partial charge in [-0.15, -0.1) is 0 Å². The molecule has 1 aliphatic carbocycles. The summed E-state index contributed by atoms with van der Waals surface area (Å²) in [5.41, 5.74) is 1.52. The van der Waals surface area contributed by atoms with E-state index in [0.717, 1.165) is 49.0 Å². The standard InChI is InChI=1S/C20H25NO3/c1-19(2,3)24-18(22)11-14-4-7-17-15(10-14)5-6-16(23-17)12-20(13-21)8-9-20/h4,7,10,16H,5-6,8-9,11-12H2,1-3H3/t16-/m1/s1. The Morgan fingerprint density at radius 1 is 1.42 bits per heavy atom. The third-order valence-electron chi connectivity index (χ3n) is 4.63. The molecule has 2 aliphatic rings. The van der Waals surface area contributed by atoms with E-state index in [1.807, 2.05) is 39.0 Å². The van der Waals surface area contributed by atoms with Crippen LogP contribution < -0.4 is 4.74 Å². The maximum atomic E-state index is 12.0. The van der Waals surface area contributed by atoms with Crippen LogP contribution in [0.4, 0.5) is 0 Å². The molecule has 128 valence electrons. The average Bonchev–Trinajstić information content (AvgIpc) is 3.25. The summed E-state index contributed by atoms with van der Waals surface area (Å²) in [7, 11) is 0. The smallest absolute Gasteiger partial charge is 0.310 e. The number of aryl methyl sites for hydroxylation is 1. The molecule has 0 unspecified atom stereocenters. The lowest BCUT2D eigenvalue weighted by Gasteiger charge is -2.28. The maximum absolute atomic E-state index is 12.0. The van der Waals surface area contributed by atoms with Crippen molar-refractivity contribution in [2.24, 2.45) is 5.41 Å². The molecule has 1 fully saturated rings. The van der Waals surface area contributed by atoms with Gasteiger partial charge >= 0.3 is 5.97 Å². The van der Waals surface area contributed by atoms with Crippen LogP contribution in [0.3, 0.4) is 0 Å². The Bertz CT molecular complexity index is 677. The molecule has 0 aromatic heterocycles. The minimum atomic E-state index is -0.457. The van der Waals surface area contributed by atoms with Gasteiger partial charge < -0.3 is 9.47 Å². The summed E-state index contributed by atoms with van der Waals surface area (Å²) in [6.45, 7) is 5.62. The molecule has 0 bridgehead atoms. The summed E-state index contributed by atoms with van der Waals surface area (Å²) in [4.78, 5) is 12.0. The Hall–Kier alpha value is -2.02. The van der Waals surface area contributed by atoms with Crippen LogP contribution in [-0.2, 0) is 22.4 Å². The van der Waals surface area contributed by atoms with Crippen LogP contribution in [0.15, 0.2) is 18.2 Å². The van der Waals surface area contributed by atoms with E-state index in [1.165, 1.54) is 0 Å². The highest BCUT2D eigenvalue weighted by atomic mass is 16.6. The summed E-state index contributed by atoms with van der Waals surface area (Å²) >= 11 is 0. The first-order valence-electron chi connectivity index (χ1n) is 8.70. The maximum Gasteiger partial charge on any atom is 0.310 e. The first kappa shape index (κ1) is 16.8. The summed E-state index contributed by atoms with van der Waals surface area (Å²) in [5.74, 6) is 0.690. The Morgan fingerprint density at radius 3 is 2.79 bits per heavy atom. The van der Waals surface area contributed by atoms with E-state index < -0.39 is 5.60 Å². The van der Waals surface area contributed by atoms with Crippen LogP contribution in [0, 0.1) is 16.7 Å². The first-order chi connectivity index (χ1) is 11.3. The number of hydrogen-bond acceptors (Lipinski definition) is 4. The highest BCUT2D eigenvalue weighted by Gasteiger charge is 2.45. The van der Waals surface area contributed by atoms with Crippen molar-refractivity contribution in [2.75, 3.05) is 0 Å². The Morgan fingerprint density at radius 2 is 2.17 bits per heavy atom. The Balaban J connectivity index is 1.62. The lowest BCUT2D eigenvalue weighted by molar-refractivity contribution is -0.153. The number of hydrogen-bond donors (Lipinski definition) is 0. The quantitative estimate of drug-likeness (QED) is 0.785. The fraction of sp³-hybridized carbons (Fsp3) is 0.600. The average molecular weight is 327 g/mol. The largest absolute Gasteiger partial charge is 0.490 e. The molecule has 24 heavy (non-hydrogen) atoms. The van der Waals surface area contributed by atoms with E-state index in [9.17, 15) is 10.1 Å². The van der Waals surface area contributed by atoms with Crippen LogP contribution >= 0.6 is 0 Å². The minimum Gasteiger partial charge on any atom is -0.490 e. The van der Waals surface area contributed by atoms with Gasteiger partial charge in [0.05, 0.1) is 17.9 Å². The van der Waals surface area contributed by atoms with E-state index in [4.69, 9.17) is 9.47 Å². The van der Waals surface area contributed by atoms with E-state index in [-0.39, 0.29) is 23.9 Å². The molecule has 0 spiro atoms. The molecule has 1 atom stereocenters. The number of ether oxygens (including phenoxy) is 2. The molecule has 0 saturated heterocycles. The van der Waals surface area contributed by atoms with Crippen molar-refractivity contribution in [3.63, 3.8) is 0 Å². The fourth-order valence-electron chi connectivity index (χ4n) is 3.24. The highest BCUT2D eigenvalue weighted by Crippen LogP contribution is 2.50. The zero-order valence-electron chi connectivity index (χ0n) is 14.7. The van der Waals surface area contributed by atoms with Crippen molar-refractivity contribution < 1.29 is 14.3 Å². The van der Waals surface area contributed by atoms with Gasteiger partial charge in [0.25, 0.3) is 0 Å². The van der Waals surface area contributed by atoms with Crippen molar-refractivity contribution >= 4 is 5.97 Å². The number of carbonyl (C=O) groups excluding carboxylic acids is 1. The van der Waals surface area contributed by atoms with E-state index in [0.29, 0.717) is 0 Å². The second kappa shape index (κ2) is 6.12. The van der Waals surface area contributed by atoms with Crippen molar-refractivity contribution in [3.05, 3.63) is 29.3 Å². The molecular formula is C20H25NO3. The molecule has 1 heterocycles. The van der Waals surface area contributed by atoms with Gasteiger partial charge in [0.1, 0.15) is 17.5 Å². The molecule has 0 radical (unpaired) electrons. The number of fused-ring (bicyclic) bond motifs is 1. The fourth-order valence-corrected chi connectivity index (χ4v) is 3.24. The predicted molar refractivity (Wildman–Crippen MR) is 90.6 cm³/mol. The second-order valence-corrected chi connectivity index (χ2v) is 8.08. The van der Waals surface area contributed by atoms with Crippen molar-refractivity contribution in [1.82, 2.24) is 0 Å². The van der Waals surface area contributed by atoms with Crippen LogP contribution in [0.5, 0.6) is 5.75 Å². The number of benzene rings is 1. The molecule has 1 saturated carbocycles. The monoisotopic (exact) mass is 327 g/mol. The molecule has 1 aliphatic heterocycles. The molecule has 1 aromatic rings. The van der Waals surface area contributed by atoms with Crippen molar-refractivity contribution in [2.45, 2.75) is 71.0 Å². The predicted octanol–water partition coefficient (Wildman–Crippen LogP) is 3.96. The van der Waals surface area contributed by atoms with Gasteiger partial charge in [-0.2, -0.15) is 5.26 Å². The van der Waals surface area contributed by atoms with E-state index in [1.54, 1.807) is 0 Å². The topological polar surface area (TPSA) is 59.3 Å². The van der Waals surface area contributed by atoms with Crippen LogP contribution in [0.1, 0.15) is 57.6 Å². The molecule has 0 N–H and O–H groups in total. The van der Waals surface area contributed by atoms with Gasteiger partial charge in [-0.25, -0.2) is 0 Å². The van der Waals surface area contributed by atoms with E-state index in [2.05, 4.69) is 6.07 Å². The van der Waals surface area contributed by atoms with Gasteiger partial charge in [0, 0.05) is 6.42 Å². The van der Waals surface area contributed by atoms with Crippen LogP contribution in [0.2, 0.25) is 0 Å². The van der Waals surface area contributed by atoms with E-state index >= 15 is 0 Å². The number of esters is 1. The second-order valence-electron chi connectivity index (χ2n) is 8.08. The van der Waals surface area contributed by atoms with Gasteiger partial charge in [-0.05, 0) is 63.6 Å². The third-order valence-corrected chi connectivity index (χ3v) is 4.63. The lowest BCUT2D eigenvalue weighted by atomic mass is 9.92. The SMILES string of the molecule is CC(C)(C)OC(=O)Cc1ccc2c(c1)CC[C@H](CC1(C#N)CC1)O2. The first-order valence-corrected chi connectivity index (χ1v) is 8.70. The summed E-state index contributed by atoms with van der Waals surface area (Å²) in [6.07, 6.45) is 5.14. The van der Waals surface area contributed by atoms with Crippen LogP contribution in [-0.4, -0.2) is 17.7 Å². The molecule has 0 amide bonds. The van der Waals surface area contributed by atoms with Crippen molar-refractivity contribution in [1.29, 1.82) is 5.26 Å². The molecular weight excluding hydrogens is 302 g/mol. The Labute approximate surface area is 143 Å². The number of nitrogens with zero attached hydrogens (tertiary/aromatic N) is 1. The normalized spacial score (nSPS) is 21.2. The molecule has 4 nitrogen and oxygen atoms in total. The number of nitriles is 1. The summed E-state index contributed by atoms with van der Waals surface area (Å²) < 4.78 is 11.5. The Kier molecular flexibility index (Phi) is 4.29. The highest BCUT2D eigenvalue weighted by molar-refractivity contribution is 5.73. The van der Waals surface area contributed by atoms with Gasteiger partial charge in [-0.3, -0.25) is 4.79 Å².